The zero-order chi connectivity index (χ0) is 13.5. The van der Waals surface area contributed by atoms with E-state index in [0.717, 1.165) is 35.7 Å². The zero-order valence-corrected chi connectivity index (χ0v) is 12.0. The average molecular weight is 271 g/mol. The second-order valence-electron chi connectivity index (χ2n) is 4.77. The summed E-state index contributed by atoms with van der Waals surface area (Å²) in [7, 11) is 0. The first-order chi connectivity index (χ1) is 8.58. The number of aliphatic hydroxyl groups is 1. The molecule has 18 heavy (non-hydrogen) atoms. The molecule has 0 unspecified atom stereocenters. The van der Waals surface area contributed by atoms with Crippen LogP contribution in [0.2, 0.25) is 5.02 Å². The van der Waals surface area contributed by atoms with Gasteiger partial charge in [0.15, 0.2) is 0 Å². The molecule has 0 aliphatic carbocycles. The Balaban J connectivity index is 2.74. The van der Waals surface area contributed by atoms with Gasteiger partial charge in [0.1, 0.15) is 0 Å². The van der Waals surface area contributed by atoms with Crippen LogP contribution in [-0.4, -0.2) is 29.2 Å². The third kappa shape index (κ3) is 4.58. The largest absolute Gasteiger partial charge is 0.396 e. The topological polar surface area (TPSA) is 49.5 Å². The van der Waals surface area contributed by atoms with Crippen molar-refractivity contribution in [1.29, 1.82) is 0 Å². The minimum absolute atomic E-state index is 0.225. The maximum atomic E-state index is 8.92. The average Bonchev–Trinajstić information content (AvgIpc) is 2.35. The molecular weight excluding hydrogens is 248 g/mol. The molecule has 0 bridgehead atoms. The number of benzene rings is 1. The Labute approximate surface area is 115 Å². The SMILES string of the molecule is CC(C)N(CCCO)Cc1ccc(CN)cc1Cl. The van der Waals surface area contributed by atoms with Crippen LogP contribution < -0.4 is 5.73 Å². The highest BCUT2D eigenvalue weighted by Crippen LogP contribution is 2.20. The van der Waals surface area contributed by atoms with Crippen molar-refractivity contribution in [3.63, 3.8) is 0 Å². The molecule has 0 aliphatic rings. The quantitative estimate of drug-likeness (QED) is 0.800. The van der Waals surface area contributed by atoms with Gasteiger partial charge in [-0.05, 0) is 37.5 Å². The van der Waals surface area contributed by atoms with E-state index < -0.39 is 0 Å². The molecule has 0 heterocycles. The van der Waals surface area contributed by atoms with E-state index in [9.17, 15) is 0 Å². The fourth-order valence-corrected chi connectivity index (χ4v) is 2.12. The van der Waals surface area contributed by atoms with E-state index in [2.05, 4.69) is 18.7 Å². The van der Waals surface area contributed by atoms with Gasteiger partial charge in [0.2, 0.25) is 0 Å². The fraction of sp³-hybridized carbons (Fsp3) is 0.571. The number of rotatable bonds is 7. The lowest BCUT2D eigenvalue weighted by molar-refractivity contribution is 0.185. The molecule has 1 rings (SSSR count). The Hall–Kier alpha value is -0.610. The fourth-order valence-electron chi connectivity index (χ4n) is 1.86. The van der Waals surface area contributed by atoms with Crippen molar-refractivity contribution in [2.45, 2.75) is 39.4 Å². The summed E-state index contributed by atoms with van der Waals surface area (Å²) in [6.07, 6.45) is 0.788. The lowest BCUT2D eigenvalue weighted by atomic mass is 10.1. The van der Waals surface area contributed by atoms with Crippen molar-refractivity contribution in [2.24, 2.45) is 5.73 Å². The second kappa shape index (κ2) is 7.74. The second-order valence-corrected chi connectivity index (χ2v) is 5.18. The summed E-state index contributed by atoms with van der Waals surface area (Å²) < 4.78 is 0. The van der Waals surface area contributed by atoms with E-state index in [1.54, 1.807) is 0 Å². The van der Waals surface area contributed by atoms with Crippen molar-refractivity contribution in [3.05, 3.63) is 34.3 Å². The van der Waals surface area contributed by atoms with Crippen LogP contribution in [0.3, 0.4) is 0 Å². The summed E-state index contributed by atoms with van der Waals surface area (Å²) in [5.41, 5.74) is 7.75. The van der Waals surface area contributed by atoms with Crippen LogP contribution in [0, 0.1) is 0 Å². The summed E-state index contributed by atoms with van der Waals surface area (Å²) in [4.78, 5) is 2.31. The van der Waals surface area contributed by atoms with Gasteiger partial charge in [-0.3, -0.25) is 4.90 Å². The van der Waals surface area contributed by atoms with Crippen molar-refractivity contribution >= 4 is 11.6 Å². The molecule has 0 saturated heterocycles. The Bertz CT molecular complexity index is 369. The normalized spacial score (nSPS) is 11.5. The molecule has 4 heteroatoms. The minimum atomic E-state index is 0.225. The van der Waals surface area contributed by atoms with E-state index in [-0.39, 0.29) is 6.61 Å². The van der Waals surface area contributed by atoms with Crippen LogP contribution in [0.15, 0.2) is 18.2 Å². The smallest absolute Gasteiger partial charge is 0.0454 e. The van der Waals surface area contributed by atoms with E-state index in [0.29, 0.717) is 12.6 Å². The summed E-state index contributed by atoms with van der Waals surface area (Å²) in [5, 5.41) is 9.69. The molecule has 1 aromatic rings. The van der Waals surface area contributed by atoms with Gasteiger partial charge in [-0.1, -0.05) is 23.7 Å². The summed E-state index contributed by atoms with van der Waals surface area (Å²) in [5.74, 6) is 0. The van der Waals surface area contributed by atoms with Gasteiger partial charge in [0.05, 0.1) is 0 Å². The molecule has 102 valence electrons. The third-order valence-electron chi connectivity index (χ3n) is 3.06. The van der Waals surface area contributed by atoms with Gasteiger partial charge in [-0.25, -0.2) is 0 Å². The number of halogens is 1. The number of nitrogens with zero attached hydrogens (tertiary/aromatic N) is 1. The van der Waals surface area contributed by atoms with Crippen LogP contribution in [0.5, 0.6) is 0 Å². The lowest BCUT2D eigenvalue weighted by Crippen LogP contribution is -2.31. The highest BCUT2D eigenvalue weighted by atomic mass is 35.5. The molecular formula is C14H23ClN2O. The highest BCUT2D eigenvalue weighted by Gasteiger charge is 2.11. The third-order valence-corrected chi connectivity index (χ3v) is 3.41. The first kappa shape index (κ1) is 15.4. The van der Waals surface area contributed by atoms with E-state index in [4.69, 9.17) is 22.4 Å². The standard InChI is InChI=1S/C14H23ClN2O/c1-11(2)17(6-3-7-18)10-13-5-4-12(9-16)8-14(13)15/h4-5,8,11,18H,3,6-7,9-10,16H2,1-2H3. The van der Waals surface area contributed by atoms with E-state index >= 15 is 0 Å². The molecule has 0 spiro atoms. The molecule has 0 amide bonds. The van der Waals surface area contributed by atoms with Crippen molar-refractivity contribution in [1.82, 2.24) is 4.90 Å². The molecule has 0 fully saturated rings. The van der Waals surface area contributed by atoms with Crippen LogP contribution in [0.4, 0.5) is 0 Å². The Morgan fingerprint density at radius 2 is 2.11 bits per heavy atom. The van der Waals surface area contributed by atoms with Gasteiger partial charge >= 0.3 is 0 Å². The first-order valence-corrected chi connectivity index (χ1v) is 6.78. The van der Waals surface area contributed by atoms with Crippen LogP contribution in [-0.2, 0) is 13.1 Å². The predicted molar refractivity (Wildman–Crippen MR) is 76.6 cm³/mol. The lowest BCUT2D eigenvalue weighted by Gasteiger charge is -2.26. The van der Waals surface area contributed by atoms with Crippen molar-refractivity contribution in [3.8, 4) is 0 Å². The Morgan fingerprint density at radius 3 is 2.61 bits per heavy atom. The number of hydrogen-bond donors (Lipinski definition) is 2. The molecule has 0 aromatic heterocycles. The van der Waals surface area contributed by atoms with Gasteiger partial charge < -0.3 is 10.8 Å². The minimum Gasteiger partial charge on any atom is -0.396 e. The van der Waals surface area contributed by atoms with E-state index in [1.165, 1.54) is 0 Å². The molecule has 0 aliphatic heterocycles. The summed E-state index contributed by atoms with van der Waals surface area (Å²) >= 11 is 6.26. The maximum absolute atomic E-state index is 8.92. The zero-order valence-electron chi connectivity index (χ0n) is 11.2. The van der Waals surface area contributed by atoms with Crippen molar-refractivity contribution < 1.29 is 5.11 Å². The maximum Gasteiger partial charge on any atom is 0.0454 e. The van der Waals surface area contributed by atoms with Crippen LogP contribution in [0.1, 0.15) is 31.4 Å². The summed E-state index contributed by atoms with van der Waals surface area (Å²) in [6, 6.07) is 6.42. The number of nitrogens with two attached hydrogens (primary N) is 1. The predicted octanol–water partition coefficient (Wildman–Crippen LogP) is 2.39. The van der Waals surface area contributed by atoms with Crippen molar-refractivity contribution in [2.75, 3.05) is 13.2 Å². The first-order valence-electron chi connectivity index (χ1n) is 6.40. The van der Waals surface area contributed by atoms with Gasteiger partial charge in [0, 0.05) is 37.3 Å². The van der Waals surface area contributed by atoms with Gasteiger partial charge in [-0.2, -0.15) is 0 Å². The molecule has 3 nitrogen and oxygen atoms in total. The highest BCUT2D eigenvalue weighted by molar-refractivity contribution is 6.31. The molecule has 3 N–H and O–H groups in total. The Kier molecular flexibility index (Phi) is 6.65. The Morgan fingerprint density at radius 1 is 1.39 bits per heavy atom. The van der Waals surface area contributed by atoms with Crippen LogP contribution >= 0.6 is 11.6 Å². The molecule has 1 aromatic carbocycles. The number of aliphatic hydroxyl groups excluding tert-OH is 1. The molecule has 0 saturated carbocycles. The number of hydrogen-bond acceptors (Lipinski definition) is 3. The molecule has 0 atom stereocenters. The molecule has 0 radical (unpaired) electrons. The van der Waals surface area contributed by atoms with Crippen LogP contribution in [0.25, 0.3) is 0 Å². The monoisotopic (exact) mass is 270 g/mol. The summed E-state index contributed by atoms with van der Waals surface area (Å²) in [6.45, 7) is 6.73. The van der Waals surface area contributed by atoms with E-state index in [1.807, 2.05) is 18.2 Å². The van der Waals surface area contributed by atoms with Gasteiger partial charge in [0.25, 0.3) is 0 Å². The van der Waals surface area contributed by atoms with Gasteiger partial charge in [-0.15, -0.1) is 0 Å².